The topological polar surface area (TPSA) is 64.1 Å². The van der Waals surface area contributed by atoms with Crippen LogP contribution in [0.3, 0.4) is 0 Å². The van der Waals surface area contributed by atoms with Crippen LogP contribution in [0.1, 0.15) is 79.0 Å². The molecule has 5 heteroatoms. The normalized spacial score (nSPS) is 12.6. The summed E-state index contributed by atoms with van der Waals surface area (Å²) in [6.07, 6.45) is 1.89. The van der Waals surface area contributed by atoms with Crippen molar-refractivity contribution in [3.63, 3.8) is 0 Å². The Morgan fingerprint density at radius 3 is 1.94 bits per heavy atom. The van der Waals surface area contributed by atoms with Crippen LogP contribution in [-0.2, 0) is 16.2 Å². The first kappa shape index (κ1) is 40.1. The molecule has 0 aliphatic heterocycles. The molecule has 0 saturated heterocycles. The Labute approximate surface area is 369 Å². The highest BCUT2D eigenvalue weighted by Gasteiger charge is 2.27. The number of hydrogen-bond acceptors (Lipinski definition) is 4. The van der Waals surface area contributed by atoms with E-state index < -0.39 is 0 Å². The Kier molecular flexibility index (Phi) is 9.27. The standard InChI is InChI=1S/C58H53N3O2/c1-56(2,3)39-24-25-48(44(31-39)35-17-11-10-12-18-35)61-49-22-15-21-43(46-33-47-42-20-13-14-23-51(42)63-52(47)34-50(46)62)54(49)60-55(61)38-27-37(29-40(30-38)57(4,5)6)45-32-41(58(7,8)9)28-36-19-16-26-59-53(36)45/h10-34,62H,1-9H3. The molecule has 0 atom stereocenters. The first-order valence-electron chi connectivity index (χ1n) is 21.9. The maximum absolute atomic E-state index is 11.8. The second kappa shape index (κ2) is 14.6. The Bertz CT molecular complexity index is 3400. The highest BCUT2D eigenvalue weighted by atomic mass is 16.3. The largest absolute Gasteiger partial charge is 0.507 e. The third-order valence-corrected chi connectivity index (χ3v) is 12.6. The van der Waals surface area contributed by atoms with Crippen molar-refractivity contribution in [1.82, 2.24) is 14.5 Å². The molecular weight excluding hydrogens is 771 g/mol. The van der Waals surface area contributed by atoms with E-state index in [9.17, 15) is 5.11 Å². The predicted octanol–water partition coefficient (Wildman–Crippen LogP) is 15.7. The van der Waals surface area contributed by atoms with Gasteiger partial charge in [0, 0.05) is 56.2 Å². The van der Waals surface area contributed by atoms with E-state index in [-0.39, 0.29) is 22.0 Å². The van der Waals surface area contributed by atoms with E-state index in [0.717, 1.165) is 83.2 Å². The van der Waals surface area contributed by atoms with Gasteiger partial charge < -0.3 is 9.52 Å². The highest BCUT2D eigenvalue weighted by molar-refractivity contribution is 6.09. The lowest BCUT2D eigenvalue weighted by molar-refractivity contribution is 0.477. The molecule has 10 rings (SSSR count). The van der Waals surface area contributed by atoms with Crippen LogP contribution in [0.2, 0.25) is 0 Å². The van der Waals surface area contributed by atoms with Gasteiger partial charge in [-0.15, -0.1) is 0 Å². The monoisotopic (exact) mass is 823 g/mol. The van der Waals surface area contributed by atoms with Crippen LogP contribution in [0.25, 0.3) is 94.3 Å². The number of benzene rings is 7. The fraction of sp³-hybridized carbons (Fsp3) is 0.207. The molecular formula is C58H53N3O2. The number of fused-ring (bicyclic) bond motifs is 5. The van der Waals surface area contributed by atoms with Crippen molar-refractivity contribution < 1.29 is 9.52 Å². The van der Waals surface area contributed by atoms with Gasteiger partial charge in [0.15, 0.2) is 0 Å². The zero-order chi connectivity index (χ0) is 44.0. The molecule has 0 aliphatic rings. The van der Waals surface area contributed by atoms with Crippen molar-refractivity contribution in [2.75, 3.05) is 0 Å². The lowest BCUT2D eigenvalue weighted by atomic mass is 9.81. The molecule has 0 saturated carbocycles. The summed E-state index contributed by atoms with van der Waals surface area (Å²) in [5.41, 5.74) is 15.5. The molecule has 0 fully saturated rings. The van der Waals surface area contributed by atoms with Gasteiger partial charge in [-0.3, -0.25) is 9.55 Å². The number of phenolic OH excluding ortho intramolecular Hbond substituents is 1. The van der Waals surface area contributed by atoms with Gasteiger partial charge in [-0.05, 0) is 105 Å². The second-order valence-corrected chi connectivity index (χ2v) is 20.2. The average Bonchev–Trinajstić information content (AvgIpc) is 3.83. The SMILES string of the molecule is CC(C)(C)c1cc(-c2cc(C(C)(C)C)cc3cccnc23)cc(-c2nc3c(-c4cc5c(cc4O)oc4ccccc45)cccc3n2-c2ccc(C(C)(C)C)cc2-c2ccccc2)c1. The van der Waals surface area contributed by atoms with Crippen LogP contribution >= 0.6 is 0 Å². The van der Waals surface area contributed by atoms with Gasteiger partial charge in [0.25, 0.3) is 0 Å². The molecule has 7 aromatic carbocycles. The van der Waals surface area contributed by atoms with Gasteiger partial charge in [-0.25, -0.2) is 4.98 Å². The Balaban J connectivity index is 1.32. The van der Waals surface area contributed by atoms with Crippen LogP contribution in [-0.4, -0.2) is 19.6 Å². The minimum Gasteiger partial charge on any atom is -0.507 e. The molecule has 0 aliphatic carbocycles. The predicted molar refractivity (Wildman–Crippen MR) is 263 cm³/mol. The summed E-state index contributed by atoms with van der Waals surface area (Å²) in [6, 6.07) is 51.4. The van der Waals surface area contributed by atoms with Gasteiger partial charge in [0.1, 0.15) is 22.7 Å². The summed E-state index contributed by atoms with van der Waals surface area (Å²) in [6.45, 7) is 20.4. The van der Waals surface area contributed by atoms with E-state index in [4.69, 9.17) is 14.4 Å². The molecule has 5 nitrogen and oxygen atoms in total. The maximum atomic E-state index is 11.8. The first-order chi connectivity index (χ1) is 30.0. The van der Waals surface area contributed by atoms with E-state index >= 15 is 0 Å². The molecule has 0 spiro atoms. The van der Waals surface area contributed by atoms with Gasteiger partial charge in [-0.1, -0.05) is 141 Å². The number of para-hydroxylation sites is 2. The molecule has 63 heavy (non-hydrogen) atoms. The fourth-order valence-electron chi connectivity index (χ4n) is 8.97. The van der Waals surface area contributed by atoms with Gasteiger partial charge in [0.2, 0.25) is 0 Å². The first-order valence-corrected chi connectivity index (χ1v) is 21.9. The molecule has 312 valence electrons. The van der Waals surface area contributed by atoms with Crippen molar-refractivity contribution in [1.29, 1.82) is 0 Å². The number of phenols is 1. The average molecular weight is 824 g/mol. The highest BCUT2D eigenvalue weighted by Crippen LogP contribution is 2.45. The number of aromatic nitrogens is 3. The number of rotatable bonds is 5. The van der Waals surface area contributed by atoms with Gasteiger partial charge in [0.05, 0.1) is 22.2 Å². The Hall–Kier alpha value is -6.98. The van der Waals surface area contributed by atoms with Crippen LogP contribution in [0.15, 0.2) is 156 Å². The van der Waals surface area contributed by atoms with Crippen molar-refractivity contribution in [3.05, 3.63) is 168 Å². The Morgan fingerprint density at radius 1 is 0.476 bits per heavy atom. The van der Waals surface area contributed by atoms with E-state index in [2.05, 4.69) is 182 Å². The van der Waals surface area contributed by atoms with E-state index in [1.165, 1.54) is 16.7 Å². The van der Waals surface area contributed by atoms with Crippen LogP contribution in [0, 0.1) is 0 Å². The zero-order valence-corrected chi connectivity index (χ0v) is 37.6. The summed E-state index contributed by atoms with van der Waals surface area (Å²) in [5, 5.41) is 14.9. The summed E-state index contributed by atoms with van der Waals surface area (Å²) < 4.78 is 8.53. The second-order valence-electron chi connectivity index (χ2n) is 20.2. The van der Waals surface area contributed by atoms with Crippen molar-refractivity contribution in [2.45, 2.75) is 78.6 Å². The number of imidazole rings is 1. The van der Waals surface area contributed by atoms with Gasteiger partial charge in [-0.2, -0.15) is 0 Å². The number of aromatic hydroxyl groups is 1. The third kappa shape index (κ3) is 7.06. The molecule has 10 aromatic rings. The van der Waals surface area contributed by atoms with E-state index in [1.54, 1.807) is 6.07 Å². The Morgan fingerprint density at radius 2 is 1.17 bits per heavy atom. The fourth-order valence-corrected chi connectivity index (χ4v) is 8.97. The van der Waals surface area contributed by atoms with E-state index in [1.807, 2.05) is 30.5 Å². The quantitative estimate of drug-likeness (QED) is 0.188. The molecule has 0 amide bonds. The molecule has 3 heterocycles. The minimum absolute atomic E-state index is 0.0714. The summed E-state index contributed by atoms with van der Waals surface area (Å²) >= 11 is 0. The summed E-state index contributed by atoms with van der Waals surface area (Å²) in [5.74, 6) is 0.948. The molecule has 3 aromatic heterocycles. The van der Waals surface area contributed by atoms with Crippen molar-refractivity contribution >= 4 is 43.9 Å². The maximum Gasteiger partial charge on any atom is 0.145 e. The van der Waals surface area contributed by atoms with E-state index in [0.29, 0.717) is 11.1 Å². The third-order valence-electron chi connectivity index (χ3n) is 12.6. The van der Waals surface area contributed by atoms with Crippen LogP contribution in [0.5, 0.6) is 5.75 Å². The lowest BCUT2D eigenvalue weighted by Crippen LogP contribution is -2.13. The van der Waals surface area contributed by atoms with Crippen LogP contribution in [0.4, 0.5) is 0 Å². The van der Waals surface area contributed by atoms with Gasteiger partial charge >= 0.3 is 0 Å². The van der Waals surface area contributed by atoms with Crippen molar-refractivity contribution in [3.8, 4) is 56.2 Å². The number of furan rings is 1. The summed E-state index contributed by atoms with van der Waals surface area (Å²) in [7, 11) is 0. The lowest BCUT2D eigenvalue weighted by Gasteiger charge is -2.24. The smallest absolute Gasteiger partial charge is 0.145 e. The number of hydrogen-bond donors (Lipinski definition) is 1. The number of pyridine rings is 1. The summed E-state index contributed by atoms with van der Waals surface area (Å²) in [4.78, 5) is 10.7. The molecule has 0 radical (unpaired) electrons. The minimum atomic E-state index is -0.185. The van der Waals surface area contributed by atoms with Crippen LogP contribution < -0.4 is 0 Å². The molecule has 0 bridgehead atoms. The number of nitrogens with zero attached hydrogens (tertiary/aromatic N) is 3. The molecule has 1 N–H and O–H groups in total. The zero-order valence-electron chi connectivity index (χ0n) is 37.6. The van der Waals surface area contributed by atoms with Crippen molar-refractivity contribution in [2.24, 2.45) is 0 Å². The molecule has 0 unspecified atom stereocenters.